The summed E-state index contributed by atoms with van der Waals surface area (Å²) in [7, 11) is -2.96. The van der Waals surface area contributed by atoms with Gasteiger partial charge in [0.2, 0.25) is 5.91 Å². The van der Waals surface area contributed by atoms with Crippen LogP contribution in [0.3, 0.4) is 0 Å². The predicted molar refractivity (Wildman–Crippen MR) is 83.6 cm³/mol. The van der Waals surface area contributed by atoms with Gasteiger partial charge in [0, 0.05) is 12.8 Å². The van der Waals surface area contributed by atoms with Gasteiger partial charge in [0.15, 0.2) is 0 Å². The van der Waals surface area contributed by atoms with E-state index in [-0.39, 0.29) is 23.4 Å². The molecule has 1 unspecified atom stereocenters. The lowest BCUT2D eigenvalue weighted by molar-refractivity contribution is -0.133. The largest absolute Gasteiger partial charge is 0.325 e. The minimum Gasteiger partial charge on any atom is -0.325 e. The molecule has 0 bridgehead atoms. The van der Waals surface area contributed by atoms with Crippen LogP contribution in [-0.2, 0) is 14.6 Å². The molecule has 0 aromatic heterocycles. The molecule has 1 aliphatic heterocycles. The van der Waals surface area contributed by atoms with E-state index in [1.807, 2.05) is 4.90 Å². The van der Waals surface area contributed by atoms with E-state index in [0.717, 1.165) is 32.1 Å². The summed E-state index contributed by atoms with van der Waals surface area (Å²) in [4.78, 5) is 14.7. The summed E-state index contributed by atoms with van der Waals surface area (Å²) in [6.45, 7) is 4.85. The average Bonchev–Trinajstić information content (AvgIpc) is 2.89. The number of carbonyl (C=O) groups is 1. The molecule has 0 aromatic rings. The summed E-state index contributed by atoms with van der Waals surface area (Å²) >= 11 is 0. The topological polar surface area (TPSA) is 66.5 Å². The van der Waals surface area contributed by atoms with Gasteiger partial charge in [0.05, 0.1) is 17.5 Å². The van der Waals surface area contributed by atoms with E-state index in [1.165, 1.54) is 6.26 Å². The van der Waals surface area contributed by atoms with Crippen molar-refractivity contribution in [2.75, 3.05) is 18.6 Å². The van der Waals surface area contributed by atoms with Crippen molar-refractivity contribution in [2.45, 2.75) is 64.1 Å². The Morgan fingerprint density at radius 1 is 1.33 bits per heavy atom. The van der Waals surface area contributed by atoms with E-state index in [2.05, 4.69) is 19.2 Å². The van der Waals surface area contributed by atoms with Gasteiger partial charge in [-0.25, -0.2) is 8.42 Å². The van der Waals surface area contributed by atoms with Crippen LogP contribution in [0.1, 0.15) is 52.4 Å². The first-order valence-corrected chi connectivity index (χ1v) is 10.1. The minimum atomic E-state index is -2.96. The van der Waals surface area contributed by atoms with Crippen molar-refractivity contribution in [3.63, 3.8) is 0 Å². The molecule has 21 heavy (non-hydrogen) atoms. The van der Waals surface area contributed by atoms with Gasteiger partial charge in [-0.05, 0) is 31.6 Å². The Morgan fingerprint density at radius 3 is 2.48 bits per heavy atom. The summed E-state index contributed by atoms with van der Waals surface area (Å²) in [6.07, 6.45) is 6.81. The number of nitrogens with zero attached hydrogens (tertiary/aromatic N) is 1. The first kappa shape index (κ1) is 16.7. The lowest BCUT2D eigenvalue weighted by atomic mass is 9.98. The van der Waals surface area contributed by atoms with Crippen LogP contribution in [-0.4, -0.2) is 49.5 Å². The number of hydrogen-bond donors (Lipinski definition) is 1. The smallest absolute Gasteiger partial charge is 0.244 e. The molecule has 2 rings (SSSR count). The van der Waals surface area contributed by atoms with Gasteiger partial charge in [0.25, 0.3) is 0 Å². The van der Waals surface area contributed by atoms with Crippen LogP contribution >= 0.6 is 0 Å². The van der Waals surface area contributed by atoms with Crippen molar-refractivity contribution < 1.29 is 13.2 Å². The normalized spacial score (nSPS) is 25.4. The first-order chi connectivity index (χ1) is 9.73. The number of sulfone groups is 1. The summed E-state index contributed by atoms with van der Waals surface area (Å²) in [5, 5.41) is 3.57. The van der Waals surface area contributed by atoms with Gasteiger partial charge in [0.1, 0.15) is 9.84 Å². The molecular formula is C15H28N2O3S. The fourth-order valence-corrected chi connectivity index (χ4v) is 4.25. The lowest BCUT2D eigenvalue weighted by Gasteiger charge is -2.25. The van der Waals surface area contributed by atoms with E-state index in [0.29, 0.717) is 18.9 Å². The zero-order valence-corrected chi connectivity index (χ0v) is 14.2. The standard InChI is InChI=1S/C15H28N2O3S/c1-12(2)11-13-16-15(7-4-5-8-15)14(18)17(13)9-6-10-21(3,19)20/h12-13,16H,4-11H2,1-3H3. The Kier molecular flexibility index (Phi) is 4.98. The predicted octanol–water partition coefficient (Wildman–Crippen LogP) is 1.54. The van der Waals surface area contributed by atoms with Crippen molar-refractivity contribution in [1.82, 2.24) is 10.2 Å². The average molecular weight is 316 g/mol. The second-order valence-electron chi connectivity index (χ2n) is 7.06. The van der Waals surface area contributed by atoms with Gasteiger partial charge in [-0.3, -0.25) is 10.1 Å². The van der Waals surface area contributed by atoms with E-state index in [4.69, 9.17) is 0 Å². The molecule has 1 heterocycles. The zero-order chi connectivity index (χ0) is 15.7. The third-order valence-electron chi connectivity index (χ3n) is 4.56. The number of hydrogen-bond acceptors (Lipinski definition) is 4. The van der Waals surface area contributed by atoms with Crippen LogP contribution < -0.4 is 5.32 Å². The third-order valence-corrected chi connectivity index (χ3v) is 5.59. The SMILES string of the molecule is CC(C)CC1NC2(CCCC2)C(=O)N1CCCS(C)(=O)=O. The molecule has 5 nitrogen and oxygen atoms in total. The molecule has 1 atom stereocenters. The molecular weight excluding hydrogens is 288 g/mol. The quantitative estimate of drug-likeness (QED) is 0.807. The van der Waals surface area contributed by atoms with Crippen LogP contribution in [0.25, 0.3) is 0 Å². The molecule has 122 valence electrons. The molecule has 2 aliphatic rings. The Bertz CT molecular complexity index is 481. The fraction of sp³-hybridized carbons (Fsp3) is 0.933. The van der Waals surface area contributed by atoms with E-state index in [9.17, 15) is 13.2 Å². The highest BCUT2D eigenvalue weighted by atomic mass is 32.2. The van der Waals surface area contributed by atoms with Gasteiger partial charge >= 0.3 is 0 Å². The number of amides is 1. The lowest BCUT2D eigenvalue weighted by Crippen LogP contribution is -2.44. The fourth-order valence-electron chi connectivity index (χ4n) is 3.60. The third kappa shape index (κ3) is 3.97. The van der Waals surface area contributed by atoms with Gasteiger partial charge in [-0.15, -0.1) is 0 Å². The summed E-state index contributed by atoms with van der Waals surface area (Å²) in [5.74, 6) is 0.849. The van der Waals surface area contributed by atoms with Crippen molar-refractivity contribution >= 4 is 15.7 Å². The molecule has 1 N–H and O–H groups in total. The first-order valence-electron chi connectivity index (χ1n) is 8.00. The Labute approximate surface area is 128 Å². The van der Waals surface area contributed by atoms with Gasteiger partial charge in [-0.1, -0.05) is 26.7 Å². The maximum Gasteiger partial charge on any atom is 0.244 e. The van der Waals surface area contributed by atoms with E-state index < -0.39 is 9.84 Å². The molecule has 0 radical (unpaired) electrons. The molecule has 0 aromatic carbocycles. The molecule has 1 spiro atoms. The molecule has 6 heteroatoms. The van der Waals surface area contributed by atoms with Crippen molar-refractivity contribution in [3.8, 4) is 0 Å². The van der Waals surface area contributed by atoms with Gasteiger partial charge in [-0.2, -0.15) is 0 Å². The summed E-state index contributed by atoms with van der Waals surface area (Å²) in [6, 6.07) is 0. The molecule has 1 amide bonds. The maximum absolute atomic E-state index is 12.8. The maximum atomic E-state index is 12.8. The second kappa shape index (κ2) is 6.24. The van der Waals surface area contributed by atoms with Crippen LogP contribution in [0.5, 0.6) is 0 Å². The van der Waals surface area contributed by atoms with Crippen molar-refractivity contribution in [3.05, 3.63) is 0 Å². The van der Waals surface area contributed by atoms with E-state index >= 15 is 0 Å². The summed E-state index contributed by atoms with van der Waals surface area (Å²) < 4.78 is 22.6. The zero-order valence-electron chi connectivity index (χ0n) is 13.4. The van der Waals surface area contributed by atoms with Crippen LogP contribution in [0.2, 0.25) is 0 Å². The number of nitrogens with one attached hydrogen (secondary N) is 1. The highest BCUT2D eigenvalue weighted by Crippen LogP contribution is 2.37. The Hall–Kier alpha value is -0.620. The minimum absolute atomic E-state index is 0.0650. The Balaban J connectivity index is 2.05. The molecule has 1 saturated carbocycles. The molecule has 1 aliphatic carbocycles. The highest BCUT2D eigenvalue weighted by Gasteiger charge is 2.51. The molecule has 2 fully saturated rings. The van der Waals surface area contributed by atoms with Crippen LogP contribution in [0, 0.1) is 5.92 Å². The summed E-state index contributed by atoms with van der Waals surface area (Å²) in [5.41, 5.74) is -0.357. The van der Waals surface area contributed by atoms with Crippen LogP contribution in [0.4, 0.5) is 0 Å². The molecule has 1 saturated heterocycles. The number of rotatable bonds is 6. The highest BCUT2D eigenvalue weighted by molar-refractivity contribution is 7.90. The van der Waals surface area contributed by atoms with Crippen molar-refractivity contribution in [1.29, 1.82) is 0 Å². The Morgan fingerprint density at radius 2 is 1.95 bits per heavy atom. The van der Waals surface area contributed by atoms with E-state index in [1.54, 1.807) is 0 Å². The van der Waals surface area contributed by atoms with Gasteiger partial charge < -0.3 is 4.90 Å². The second-order valence-corrected chi connectivity index (χ2v) is 9.32. The monoisotopic (exact) mass is 316 g/mol. The number of carbonyl (C=O) groups excluding carboxylic acids is 1. The van der Waals surface area contributed by atoms with Crippen molar-refractivity contribution in [2.24, 2.45) is 5.92 Å². The van der Waals surface area contributed by atoms with Crippen LogP contribution in [0.15, 0.2) is 0 Å².